The van der Waals surface area contributed by atoms with Crippen LogP contribution in [-0.4, -0.2) is 24.5 Å². The van der Waals surface area contributed by atoms with E-state index in [1.54, 1.807) is 55.5 Å². The van der Waals surface area contributed by atoms with Crippen LogP contribution in [0.5, 0.6) is 5.75 Å². The zero-order valence-corrected chi connectivity index (χ0v) is 14.5. The Balaban J connectivity index is 1.81. The first-order chi connectivity index (χ1) is 12.4. The quantitative estimate of drug-likeness (QED) is 0.719. The van der Waals surface area contributed by atoms with E-state index in [9.17, 15) is 14.4 Å². The molecule has 7 heteroatoms. The SMILES string of the molecule is CCOc1cccc(C(=O)Nc2cccc(C3(C)NC(=O)NC3=O)c2)c1. The molecule has 0 bridgehead atoms. The van der Waals surface area contributed by atoms with Crippen molar-refractivity contribution in [3.05, 3.63) is 59.7 Å². The predicted octanol–water partition coefficient (Wildman–Crippen LogP) is 2.39. The number of rotatable bonds is 5. The molecule has 4 amide bonds. The summed E-state index contributed by atoms with van der Waals surface area (Å²) >= 11 is 0. The number of benzene rings is 2. The van der Waals surface area contributed by atoms with Gasteiger partial charge in [0, 0.05) is 11.3 Å². The molecule has 0 saturated carbocycles. The van der Waals surface area contributed by atoms with E-state index in [1.807, 2.05) is 6.92 Å². The van der Waals surface area contributed by atoms with Crippen LogP contribution in [0.25, 0.3) is 0 Å². The summed E-state index contributed by atoms with van der Waals surface area (Å²) in [6.07, 6.45) is 0. The lowest BCUT2D eigenvalue weighted by atomic mass is 9.92. The third-order valence-electron chi connectivity index (χ3n) is 4.15. The molecule has 134 valence electrons. The van der Waals surface area contributed by atoms with E-state index in [0.29, 0.717) is 29.2 Å². The molecule has 1 unspecified atom stereocenters. The Morgan fingerprint density at radius 2 is 1.92 bits per heavy atom. The lowest BCUT2D eigenvalue weighted by molar-refractivity contribution is -0.123. The first kappa shape index (κ1) is 17.5. The number of urea groups is 1. The van der Waals surface area contributed by atoms with Crippen molar-refractivity contribution in [1.29, 1.82) is 0 Å². The van der Waals surface area contributed by atoms with Crippen LogP contribution < -0.4 is 20.7 Å². The fourth-order valence-electron chi connectivity index (χ4n) is 2.75. The number of amides is 4. The van der Waals surface area contributed by atoms with Gasteiger partial charge in [0.05, 0.1) is 6.61 Å². The van der Waals surface area contributed by atoms with Gasteiger partial charge in [0.1, 0.15) is 11.3 Å². The summed E-state index contributed by atoms with van der Waals surface area (Å²) in [6, 6.07) is 13.1. The fourth-order valence-corrected chi connectivity index (χ4v) is 2.75. The molecule has 1 aliphatic heterocycles. The highest BCUT2D eigenvalue weighted by atomic mass is 16.5. The lowest BCUT2D eigenvalue weighted by Crippen LogP contribution is -2.40. The third kappa shape index (κ3) is 3.37. The molecular weight excluding hydrogens is 334 g/mol. The number of hydrogen-bond acceptors (Lipinski definition) is 4. The maximum absolute atomic E-state index is 12.5. The Morgan fingerprint density at radius 1 is 1.15 bits per heavy atom. The number of hydrogen-bond donors (Lipinski definition) is 3. The summed E-state index contributed by atoms with van der Waals surface area (Å²) in [4.78, 5) is 36.0. The van der Waals surface area contributed by atoms with E-state index < -0.39 is 17.5 Å². The standard InChI is InChI=1S/C19H19N3O4/c1-3-26-15-9-4-6-12(10-15)16(23)20-14-8-5-7-13(11-14)19(2)17(24)21-18(25)22-19/h4-11H,3H2,1-2H3,(H,20,23)(H2,21,22,24,25). The summed E-state index contributed by atoms with van der Waals surface area (Å²) in [7, 11) is 0. The van der Waals surface area contributed by atoms with E-state index >= 15 is 0 Å². The normalized spacial score (nSPS) is 18.8. The molecule has 7 nitrogen and oxygen atoms in total. The first-order valence-electron chi connectivity index (χ1n) is 8.21. The van der Waals surface area contributed by atoms with Crippen LogP contribution in [0.4, 0.5) is 10.5 Å². The number of nitrogens with one attached hydrogen (secondary N) is 3. The molecule has 2 aromatic carbocycles. The largest absolute Gasteiger partial charge is 0.494 e. The summed E-state index contributed by atoms with van der Waals surface area (Å²) in [6.45, 7) is 4.00. The van der Waals surface area contributed by atoms with E-state index in [0.717, 1.165) is 0 Å². The van der Waals surface area contributed by atoms with Crippen LogP contribution in [-0.2, 0) is 10.3 Å². The second kappa shape index (κ2) is 6.87. The van der Waals surface area contributed by atoms with Crippen LogP contribution in [0.15, 0.2) is 48.5 Å². The van der Waals surface area contributed by atoms with Gasteiger partial charge >= 0.3 is 6.03 Å². The second-order valence-electron chi connectivity index (χ2n) is 6.03. The summed E-state index contributed by atoms with van der Waals surface area (Å²) in [5.41, 5.74) is 0.373. The molecule has 3 N–H and O–H groups in total. The molecule has 0 radical (unpaired) electrons. The molecule has 26 heavy (non-hydrogen) atoms. The minimum atomic E-state index is -1.17. The molecule has 0 spiro atoms. The molecule has 1 atom stereocenters. The van der Waals surface area contributed by atoms with Crippen molar-refractivity contribution in [2.75, 3.05) is 11.9 Å². The Morgan fingerprint density at radius 3 is 2.62 bits per heavy atom. The van der Waals surface area contributed by atoms with Gasteiger partial charge in [-0.2, -0.15) is 0 Å². The van der Waals surface area contributed by atoms with Gasteiger partial charge in [-0.05, 0) is 49.7 Å². The van der Waals surface area contributed by atoms with Crippen molar-refractivity contribution in [2.45, 2.75) is 19.4 Å². The maximum Gasteiger partial charge on any atom is 0.322 e. The third-order valence-corrected chi connectivity index (χ3v) is 4.15. The summed E-state index contributed by atoms with van der Waals surface area (Å²) in [5.74, 6) is -0.115. The Bertz CT molecular complexity index is 881. The summed E-state index contributed by atoms with van der Waals surface area (Å²) < 4.78 is 5.40. The summed E-state index contributed by atoms with van der Waals surface area (Å²) in [5, 5.41) is 7.62. The lowest BCUT2D eigenvalue weighted by Gasteiger charge is -2.21. The average molecular weight is 353 g/mol. The van der Waals surface area contributed by atoms with Crippen molar-refractivity contribution in [2.24, 2.45) is 0 Å². The van der Waals surface area contributed by atoms with Crippen molar-refractivity contribution >= 4 is 23.5 Å². The van der Waals surface area contributed by atoms with Gasteiger partial charge in [0.2, 0.25) is 0 Å². The van der Waals surface area contributed by atoms with E-state index in [-0.39, 0.29) is 5.91 Å². The Hall–Kier alpha value is -3.35. The minimum Gasteiger partial charge on any atom is -0.494 e. The highest BCUT2D eigenvalue weighted by molar-refractivity contribution is 6.07. The highest BCUT2D eigenvalue weighted by Gasteiger charge is 2.43. The van der Waals surface area contributed by atoms with E-state index in [2.05, 4.69) is 16.0 Å². The van der Waals surface area contributed by atoms with Gasteiger partial charge in [-0.25, -0.2) is 4.79 Å². The van der Waals surface area contributed by atoms with Crippen LogP contribution in [0.2, 0.25) is 0 Å². The number of carbonyl (C=O) groups is 3. The molecular formula is C19H19N3O4. The van der Waals surface area contributed by atoms with Crippen LogP contribution in [0.1, 0.15) is 29.8 Å². The topological polar surface area (TPSA) is 96.5 Å². The number of carbonyl (C=O) groups excluding carboxylic acids is 3. The van der Waals surface area contributed by atoms with Crippen LogP contribution >= 0.6 is 0 Å². The van der Waals surface area contributed by atoms with Gasteiger partial charge in [-0.15, -0.1) is 0 Å². The molecule has 1 aliphatic rings. The average Bonchev–Trinajstić information content (AvgIpc) is 2.89. The molecule has 3 rings (SSSR count). The fraction of sp³-hybridized carbons (Fsp3) is 0.211. The number of anilines is 1. The van der Waals surface area contributed by atoms with Gasteiger partial charge < -0.3 is 15.4 Å². The minimum absolute atomic E-state index is 0.297. The van der Waals surface area contributed by atoms with Crippen molar-refractivity contribution in [1.82, 2.24) is 10.6 Å². The van der Waals surface area contributed by atoms with E-state index in [1.165, 1.54) is 0 Å². The monoisotopic (exact) mass is 353 g/mol. The van der Waals surface area contributed by atoms with Gasteiger partial charge in [0.25, 0.3) is 11.8 Å². The maximum atomic E-state index is 12.5. The molecule has 0 aliphatic carbocycles. The Kier molecular flexibility index (Phi) is 4.62. The molecule has 1 heterocycles. The second-order valence-corrected chi connectivity index (χ2v) is 6.03. The van der Waals surface area contributed by atoms with Gasteiger partial charge in [-0.3, -0.25) is 14.9 Å². The zero-order chi connectivity index (χ0) is 18.7. The molecule has 0 aromatic heterocycles. The van der Waals surface area contributed by atoms with Crippen molar-refractivity contribution < 1.29 is 19.1 Å². The molecule has 1 saturated heterocycles. The number of imide groups is 1. The van der Waals surface area contributed by atoms with Crippen molar-refractivity contribution in [3.8, 4) is 5.75 Å². The number of ether oxygens (including phenoxy) is 1. The molecule has 2 aromatic rings. The molecule has 1 fully saturated rings. The zero-order valence-electron chi connectivity index (χ0n) is 14.5. The van der Waals surface area contributed by atoms with Crippen LogP contribution in [0, 0.1) is 0 Å². The van der Waals surface area contributed by atoms with E-state index in [4.69, 9.17) is 4.74 Å². The van der Waals surface area contributed by atoms with Crippen molar-refractivity contribution in [3.63, 3.8) is 0 Å². The van der Waals surface area contributed by atoms with Crippen LogP contribution in [0.3, 0.4) is 0 Å². The Labute approximate surface area is 150 Å². The predicted molar refractivity (Wildman–Crippen MR) is 96.0 cm³/mol. The highest BCUT2D eigenvalue weighted by Crippen LogP contribution is 2.26. The first-order valence-corrected chi connectivity index (χ1v) is 8.21. The van der Waals surface area contributed by atoms with Gasteiger partial charge in [-0.1, -0.05) is 18.2 Å². The smallest absolute Gasteiger partial charge is 0.322 e. The van der Waals surface area contributed by atoms with Gasteiger partial charge in [0.15, 0.2) is 0 Å².